The van der Waals surface area contributed by atoms with Crippen LogP contribution in [-0.4, -0.2) is 21.1 Å². The van der Waals surface area contributed by atoms with Crippen molar-refractivity contribution in [1.29, 1.82) is 0 Å². The molecule has 1 fully saturated rings. The van der Waals surface area contributed by atoms with Gasteiger partial charge >= 0.3 is 84.7 Å². The van der Waals surface area contributed by atoms with Crippen LogP contribution < -0.4 is 3.58 Å². The van der Waals surface area contributed by atoms with Crippen LogP contribution >= 0.6 is 0 Å². The number of hydrogen-bond acceptors (Lipinski definition) is 0. The second-order valence-electron chi connectivity index (χ2n) is 3.49. The van der Waals surface area contributed by atoms with Crippen molar-refractivity contribution in [1.82, 2.24) is 0 Å². The van der Waals surface area contributed by atoms with E-state index in [-0.39, 0.29) is 21.1 Å². The fraction of sp³-hybridized carbons (Fsp3) is 0.455. The molecule has 1 saturated carbocycles. The molecule has 12 heavy (non-hydrogen) atoms. The topological polar surface area (TPSA) is 0 Å². The first-order chi connectivity index (χ1) is 5.95. The summed E-state index contributed by atoms with van der Waals surface area (Å²) < 4.78 is 2.84. The Labute approximate surface area is 84.6 Å². The third-order valence-electron chi connectivity index (χ3n) is 2.50. The molecule has 0 heterocycles. The Hall–Kier alpha value is 0.0187. The van der Waals surface area contributed by atoms with Gasteiger partial charge in [0.05, 0.1) is 0 Å². The van der Waals surface area contributed by atoms with Crippen molar-refractivity contribution in [2.24, 2.45) is 0 Å². The van der Waals surface area contributed by atoms with Gasteiger partial charge in [0.15, 0.2) is 0 Å². The summed E-state index contributed by atoms with van der Waals surface area (Å²) in [6.45, 7) is 0. The molecule has 1 heteroatoms. The summed E-state index contributed by atoms with van der Waals surface area (Å²) in [5.74, 6) is 0. The van der Waals surface area contributed by atoms with Gasteiger partial charge in [0.2, 0.25) is 0 Å². The Kier molecular flexibility index (Phi) is 3.09. The fourth-order valence-corrected chi connectivity index (χ4v) is 6.27. The van der Waals surface area contributed by atoms with E-state index in [0.717, 1.165) is 3.93 Å². The predicted octanol–water partition coefficient (Wildman–Crippen LogP) is 2.38. The molecule has 0 N–H and O–H groups in total. The summed E-state index contributed by atoms with van der Waals surface area (Å²) in [7, 11) is 0. The van der Waals surface area contributed by atoms with E-state index in [9.17, 15) is 0 Å². The molecule has 0 aliphatic heterocycles. The number of hydrogen-bond donors (Lipinski definition) is 0. The average Bonchev–Trinajstić information content (AvgIpc) is 2.59. The molecule has 0 bridgehead atoms. The molecule has 0 unspecified atom stereocenters. The molecule has 62 valence electrons. The van der Waals surface area contributed by atoms with Crippen LogP contribution in [0.1, 0.15) is 25.7 Å². The van der Waals surface area contributed by atoms with E-state index in [1.165, 1.54) is 25.7 Å². The molecular weight excluding hydrogens is 251 g/mol. The van der Waals surface area contributed by atoms with E-state index in [1.54, 1.807) is 3.58 Å². The normalized spacial score (nSPS) is 18.3. The summed E-state index contributed by atoms with van der Waals surface area (Å²) in [5, 5.41) is 0. The van der Waals surface area contributed by atoms with Gasteiger partial charge in [0.25, 0.3) is 0 Å². The van der Waals surface area contributed by atoms with Gasteiger partial charge in [-0.3, -0.25) is 0 Å². The molecule has 1 aliphatic carbocycles. The van der Waals surface area contributed by atoms with Crippen LogP contribution in [0.4, 0.5) is 0 Å². The summed E-state index contributed by atoms with van der Waals surface area (Å²) in [4.78, 5) is 0. The summed E-state index contributed by atoms with van der Waals surface area (Å²) >= 11 is -0.213. The van der Waals surface area contributed by atoms with Crippen molar-refractivity contribution >= 4 is 24.7 Å². The van der Waals surface area contributed by atoms with Gasteiger partial charge in [-0.1, -0.05) is 0 Å². The molecule has 0 aromatic heterocycles. The van der Waals surface area contributed by atoms with Crippen LogP contribution in [0.5, 0.6) is 0 Å². The first-order valence-corrected chi connectivity index (χ1v) is 7.84. The first kappa shape index (κ1) is 8.61. The summed E-state index contributed by atoms with van der Waals surface area (Å²) in [6.07, 6.45) is 6.05. The van der Waals surface area contributed by atoms with Crippen LogP contribution in [0.2, 0.25) is 3.93 Å². The van der Waals surface area contributed by atoms with Crippen LogP contribution in [0, 0.1) is 0 Å². The van der Waals surface area contributed by atoms with Crippen LogP contribution in [0.3, 0.4) is 0 Å². The van der Waals surface area contributed by atoms with E-state index < -0.39 is 0 Å². The van der Waals surface area contributed by atoms with Gasteiger partial charge in [0, 0.05) is 0 Å². The third kappa shape index (κ3) is 2.25. The average molecular weight is 265 g/mol. The molecule has 0 amide bonds. The number of benzene rings is 1. The second-order valence-corrected chi connectivity index (χ2v) is 8.29. The zero-order valence-corrected chi connectivity index (χ0v) is 10.1. The molecule has 2 rings (SSSR count). The van der Waals surface area contributed by atoms with Gasteiger partial charge in [-0.25, -0.2) is 0 Å². The zero-order chi connectivity index (χ0) is 8.23. The van der Waals surface area contributed by atoms with Crippen molar-refractivity contribution in [3.63, 3.8) is 0 Å². The maximum absolute atomic E-state index is 2.32. The van der Waals surface area contributed by atoms with Crippen molar-refractivity contribution in [3.8, 4) is 0 Å². The zero-order valence-electron chi connectivity index (χ0n) is 7.29. The van der Waals surface area contributed by atoms with Gasteiger partial charge in [-0.15, -0.1) is 0 Å². The maximum atomic E-state index is 2.32. The summed E-state index contributed by atoms with van der Waals surface area (Å²) in [5.41, 5.74) is 0. The Morgan fingerprint density at radius 3 is 2.33 bits per heavy atom. The monoisotopic (exact) mass is 266 g/mol. The van der Waals surface area contributed by atoms with Gasteiger partial charge in [-0.05, 0) is 0 Å². The minimum atomic E-state index is -0.213. The van der Waals surface area contributed by atoms with Gasteiger partial charge < -0.3 is 0 Å². The molecule has 1 aromatic rings. The molecule has 0 atom stereocenters. The van der Waals surface area contributed by atoms with Crippen LogP contribution in [0.15, 0.2) is 30.3 Å². The molecular formula is C11H14Sn. The Morgan fingerprint density at radius 2 is 1.67 bits per heavy atom. The Balaban J connectivity index is 1.94. The predicted molar refractivity (Wildman–Crippen MR) is 54.0 cm³/mol. The van der Waals surface area contributed by atoms with E-state index in [1.807, 2.05) is 0 Å². The molecule has 0 spiro atoms. The van der Waals surface area contributed by atoms with Gasteiger partial charge in [-0.2, -0.15) is 0 Å². The first-order valence-electron chi connectivity index (χ1n) is 4.77. The van der Waals surface area contributed by atoms with E-state index in [0.29, 0.717) is 0 Å². The molecule has 1 aliphatic rings. The van der Waals surface area contributed by atoms with Gasteiger partial charge in [0.1, 0.15) is 0 Å². The molecule has 0 saturated heterocycles. The molecule has 1 aromatic carbocycles. The van der Waals surface area contributed by atoms with Crippen molar-refractivity contribution in [3.05, 3.63) is 30.3 Å². The molecule has 0 nitrogen and oxygen atoms in total. The standard InChI is InChI=1S/C6H5.C5H9.Sn/c1-2-4-6-5-3-1;1-2-4-5-3-1;/h1-5H;1H,2-5H2;. The van der Waals surface area contributed by atoms with Crippen LogP contribution in [0.25, 0.3) is 0 Å². The van der Waals surface area contributed by atoms with E-state index in [2.05, 4.69) is 30.3 Å². The fourth-order valence-electron chi connectivity index (χ4n) is 1.84. The van der Waals surface area contributed by atoms with E-state index in [4.69, 9.17) is 0 Å². The Bertz CT molecular complexity index is 224. The quantitative estimate of drug-likeness (QED) is 0.720. The second kappa shape index (κ2) is 4.31. The van der Waals surface area contributed by atoms with Crippen molar-refractivity contribution < 1.29 is 0 Å². The van der Waals surface area contributed by atoms with Crippen LogP contribution in [-0.2, 0) is 0 Å². The van der Waals surface area contributed by atoms with E-state index >= 15 is 0 Å². The summed E-state index contributed by atoms with van der Waals surface area (Å²) in [6, 6.07) is 11.1. The minimum absolute atomic E-state index is 0.213. The SMILES string of the molecule is c1cc[c]([Sn][CH]2CCCC2)cc1. The molecule has 2 radical (unpaired) electrons. The Morgan fingerprint density at radius 1 is 1.00 bits per heavy atom. The van der Waals surface area contributed by atoms with Crippen molar-refractivity contribution in [2.75, 3.05) is 0 Å². The number of rotatable bonds is 2. The third-order valence-corrected chi connectivity index (χ3v) is 7.22. The van der Waals surface area contributed by atoms with Crippen molar-refractivity contribution in [2.45, 2.75) is 29.6 Å².